The lowest BCUT2D eigenvalue weighted by molar-refractivity contribution is 0.0149. The first-order chi connectivity index (χ1) is 14.9. The number of alkyl halides is 2. The Morgan fingerprint density at radius 2 is 1.71 bits per heavy atom. The minimum absolute atomic E-state index is 0.0159. The van der Waals surface area contributed by atoms with E-state index in [1.807, 2.05) is 13.0 Å². The molecule has 0 bridgehead atoms. The SMILES string of the molecule is CCCC(c1ccc(SC(F)F)c(F)c1F)C1CCC(OC(=O)c2ccccc2)CC1. The molecule has 1 aliphatic carbocycles. The fourth-order valence-corrected chi connectivity index (χ4v) is 4.91. The topological polar surface area (TPSA) is 26.3 Å². The largest absolute Gasteiger partial charge is 0.459 e. The first-order valence-corrected chi connectivity index (χ1v) is 11.5. The summed E-state index contributed by atoms with van der Waals surface area (Å²) >= 11 is 0.0159. The number of esters is 1. The van der Waals surface area contributed by atoms with E-state index in [-0.39, 0.29) is 46.1 Å². The van der Waals surface area contributed by atoms with Gasteiger partial charge in [0.15, 0.2) is 11.6 Å². The molecule has 1 atom stereocenters. The predicted molar refractivity (Wildman–Crippen MR) is 113 cm³/mol. The molecule has 0 saturated heterocycles. The molecular weight excluding hydrogens is 428 g/mol. The lowest BCUT2D eigenvalue weighted by Gasteiger charge is -2.34. The van der Waals surface area contributed by atoms with Crippen molar-refractivity contribution in [1.82, 2.24) is 0 Å². The highest BCUT2D eigenvalue weighted by atomic mass is 32.2. The van der Waals surface area contributed by atoms with Crippen molar-refractivity contribution in [1.29, 1.82) is 0 Å². The normalized spacial score (nSPS) is 19.9. The second kappa shape index (κ2) is 11.0. The minimum atomic E-state index is -2.81. The molecule has 1 fully saturated rings. The van der Waals surface area contributed by atoms with Crippen LogP contribution in [0.4, 0.5) is 17.6 Å². The van der Waals surface area contributed by atoms with Gasteiger partial charge in [-0.3, -0.25) is 0 Å². The van der Waals surface area contributed by atoms with Gasteiger partial charge < -0.3 is 4.74 Å². The van der Waals surface area contributed by atoms with Crippen LogP contribution in [0.3, 0.4) is 0 Å². The van der Waals surface area contributed by atoms with Crippen LogP contribution < -0.4 is 0 Å². The number of thioether (sulfide) groups is 1. The maximum atomic E-state index is 14.8. The van der Waals surface area contributed by atoms with Gasteiger partial charge in [-0.1, -0.05) is 49.4 Å². The summed E-state index contributed by atoms with van der Waals surface area (Å²) in [6, 6.07) is 11.5. The fourth-order valence-electron chi connectivity index (χ4n) is 4.38. The Morgan fingerprint density at radius 1 is 1.03 bits per heavy atom. The number of hydrogen-bond acceptors (Lipinski definition) is 3. The van der Waals surface area contributed by atoms with Gasteiger partial charge in [-0.05, 0) is 67.7 Å². The van der Waals surface area contributed by atoms with E-state index in [0.717, 1.165) is 19.3 Å². The summed E-state index contributed by atoms with van der Waals surface area (Å²) in [6.07, 6.45) is 4.05. The van der Waals surface area contributed by atoms with Crippen molar-refractivity contribution in [2.24, 2.45) is 5.92 Å². The van der Waals surface area contributed by atoms with Crippen LogP contribution in [0.2, 0.25) is 0 Å². The highest BCUT2D eigenvalue weighted by molar-refractivity contribution is 7.99. The van der Waals surface area contributed by atoms with Crippen LogP contribution in [0.15, 0.2) is 47.4 Å². The molecule has 0 heterocycles. The zero-order valence-corrected chi connectivity index (χ0v) is 18.1. The molecule has 2 nitrogen and oxygen atoms in total. The smallest absolute Gasteiger partial charge is 0.338 e. The standard InChI is InChI=1S/C24H26F4O2S/c1-2-6-18(19-13-14-20(31-24(27)28)22(26)21(19)25)15-9-11-17(12-10-15)30-23(29)16-7-4-3-5-8-16/h3-5,7-8,13-15,17-18,24H,2,6,9-12H2,1H3. The van der Waals surface area contributed by atoms with Crippen LogP contribution in [-0.2, 0) is 4.74 Å². The Hall–Kier alpha value is -2.02. The Bertz CT molecular complexity index is 867. The van der Waals surface area contributed by atoms with E-state index in [1.54, 1.807) is 24.3 Å². The molecule has 2 aromatic carbocycles. The van der Waals surface area contributed by atoms with Crippen molar-refractivity contribution < 1.29 is 27.1 Å². The molecule has 0 aromatic heterocycles. The van der Waals surface area contributed by atoms with Gasteiger partial charge in [0, 0.05) is 0 Å². The van der Waals surface area contributed by atoms with E-state index in [0.29, 0.717) is 24.8 Å². The van der Waals surface area contributed by atoms with Crippen molar-refractivity contribution in [3.63, 3.8) is 0 Å². The summed E-state index contributed by atoms with van der Waals surface area (Å²) in [7, 11) is 0. The summed E-state index contributed by atoms with van der Waals surface area (Å²) in [5.74, 6) is -5.46. The maximum absolute atomic E-state index is 14.8. The summed E-state index contributed by atoms with van der Waals surface area (Å²) in [5.41, 5.74) is 0.760. The quantitative estimate of drug-likeness (QED) is 0.234. The molecule has 1 aliphatic rings. The molecule has 0 N–H and O–H groups in total. The minimum Gasteiger partial charge on any atom is -0.459 e. The second-order valence-corrected chi connectivity index (χ2v) is 8.89. The van der Waals surface area contributed by atoms with Gasteiger partial charge in [-0.2, -0.15) is 8.78 Å². The zero-order chi connectivity index (χ0) is 22.4. The Labute approximate surface area is 184 Å². The third-order valence-electron chi connectivity index (χ3n) is 5.86. The van der Waals surface area contributed by atoms with Crippen LogP contribution >= 0.6 is 11.8 Å². The van der Waals surface area contributed by atoms with Gasteiger partial charge in [-0.25, -0.2) is 13.6 Å². The van der Waals surface area contributed by atoms with E-state index in [4.69, 9.17) is 4.74 Å². The molecular formula is C24H26F4O2S. The summed E-state index contributed by atoms with van der Waals surface area (Å²) < 4.78 is 59.9. The van der Waals surface area contributed by atoms with Crippen LogP contribution in [-0.4, -0.2) is 17.8 Å². The first-order valence-electron chi connectivity index (χ1n) is 10.6. The Morgan fingerprint density at radius 3 is 2.32 bits per heavy atom. The molecule has 0 amide bonds. The van der Waals surface area contributed by atoms with E-state index >= 15 is 0 Å². The molecule has 0 radical (unpaired) electrons. The van der Waals surface area contributed by atoms with Gasteiger partial charge in [0.1, 0.15) is 6.10 Å². The highest BCUT2D eigenvalue weighted by Crippen LogP contribution is 2.42. The average Bonchev–Trinajstić information content (AvgIpc) is 2.77. The summed E-state index contributed by atoms with van der Waals surface area (Å²) in [4.78, 5) is 11.9. The number of rotatable bonds is 8. The lowest BCUT2D eigenvalue weighted by Crippen LogP contribution is -2.27. The van der Waals surface area contributed by atoms with E-state index < -0.39 is 17.4 Å². The van der Waals surface area contributed by atoms with Gasteiger partial charge in [0.25, 0.3) is 5.76 Å². The molecule has 31 heavy (non-hydrogen) atoms. The Balaban J connectivity index is 1.67. The van der Waals surface area contributed by atoms with Crippen molar-refractivity contribution in [3.8, 4) is 0 Å². The molecule has 0 spiro atoms. The first kappa shape index (κ1) is 23.6. The van der Waals surface area contributed by atoms with E-state index in [1.165, 1.54) is 12.1 Å². The molecule has 3 rings (SSSR count). The predicted octanol–water partition coefficient (Wildman–Crippen LogP) is 7.58. The lowest BCUT2D eigenvalue weighted by atomic mass is 9.74. The van der Waals surface area contributed by atoms with Gasteiger partial charge in [0.05, 0.1) is 10.5 Å². The van der Waals surface area contributed by atoms with Gasteiger partial charge in [-0.15, -0.1) is 0 Å². The summed E-state index contributed by atoms with van der Waals surface area (Å²) in [6.45, 7) is 1.98. The number of halogens is 4. The number of benzene rings is 2. The van der Waals surface area contributed by atoms with Gasteiger partial charge in [0.2, 0.25) is 0 Å². The number of carbonyl (C=O) groups is 1. The molecule has 2 aromatic rings. The molecule has 1 unspecified atom stereocenters. The molecule has 168 valence electrons. The third kappa shape index (κ3) is 6.03. The van der Waals surface area contributed by atoms with Crippen molar-refractivity contribution >= 4 is 17.7 Å². The number of carbonyl (C=O) groups excluding carboxylic acids is 1. The maximum Gasteiger partial charge on any atom is 0.338 e. The molecule has 7 heteroatoms. The van der Waals surface area contributed by atoms with E-state index in [9.17, 15) is 22.4 Å². The Kier molecular flexibility index (Phi) is 8.41. The second-order valence-electron chi connectivity index (χ2n) is 7.86. The van der Waals surface area contributed by atoms with Crippen LogP contribution in [0.25, 0.3) is 0 Å². The fraction of sp³-hybridized carbons (Fsp3) is 0.458. The zero-order valence-electron chi connectivity index (χ0n) is 17.3. The van der Waals surface area contributed by atoms with Crippen molar-refractivity contribution in [2.45, 2.75) is 68.1 Å². The van der Waals surface area contributed by atoms with Crippen molar-refractivity contribution in [2.75, 3.05) is 0 Å². The van der Waals surface area contributed by atoms with Crippen LogP contribution in [0.1, 0.15) is 67.3 Å². The van der Waals surface area contributed by atoms with E-state index in [2.05, 4.69) is 0 Å². The van der Waals surface area contributed by atoms with Crippen LogP contribution in [0, 0.1) is 17.6 Å². The number of hydrogen-bond donors (Lipinski definition) is 0. The van der Waals surface area contributed by atoms with Crippen molar-refractivity contribution in [3.05, 3.63) is 65.2 Å². The number of ether oxygens (including phenoxy) is 1. The monoisotopic (exact) mass is 454 g/mol. The highest BCUT2D eigenvalue weighted by Gasteiger charge is 2.32. The third-order valence-corrected chi connectivity index (χ3v) is 6.61. The molecule has 1 saturated carbocycles. The average molecular weight is 455 g/mol. The molecule has 0 aliphatic heterocycles. The van der Waals surface area contributed by atoms with Gasteiger partial charge >= 0.3 is 5.97 Å². The summed E-state index contributed by atoms with van der Waals surface area (Å²) in [5, 5.41) is 0. The van der Waals surface area contributed by atoms with Crippen LogP contribution in [0.5, 0.6) is 0 Å².